The molecule has 7 heteroatoms. The van der Waals surface area contributed by atoms with Gasteiger partial charge in [0.25, 0.3) is 5.91 Å². The molecule has 0 bridgehead atoms. The molecule has 0 heterocycles. The van der Waals surface area contributed by atoms with Crippen molar-refractivity contribution < 1.29 is 19.1 Å². The van der Waals surface area contributed by atoms with Crippen molar-refractivity contribution in [3.63, 3.8) is 0 Å². The van der Waals surface area contributed by atoms with Gasteiger partial charge in [0.1, 0.15) is 11.5 Å². The molecule has 2 amide bonds. The second-order valence-electron chi connectivity index (χ2n) is 5.55. The van der Waals surface area contributed by atoms with Crippen molar-refractivity contribution >= 4 is 35.8 Å². The third kappa shape index (κ3) is 5.92. The summed E-state index contributed by atoms with van der Waals surface area (Å²) in [5.74, 6) is 0.919. The number of carbonyl (C=O) groups excluding carboxylic acids is 2. The Bertz CT molecular complexity index is 781. The van der Waals surface area contributed by atoms with Crippen molar-refractivity contribution in [3.8, 4) is 11.5 Å². The topological polar surface area (TPSA) is 76.7 Å². The van der Waals surface area contributed by atoms with Gasteiger partial charge in [-0.15, -0.1) is 0 Å². The summed E-state index contributed by atoms with van der Waals surface area (Å²) in [6, 6.07) is 12.2. The molecule has 0 fully saturated rings. The third-order valence-electron chi connectivity index (χ3n) is 3.58. The van der Waals surface area contributed by atoms with E-state index in [1.807, 2.05) is 19.9 Å². The molecule has 144 valence electrons. The zero-order valence-corrected chi connectivity index (χ0v) is 16.3. The summed E-state index contributed by atoms with van der Waals surface area (Å²) in [5, 5.41) is 5.65. The molecular weight excluding hydrogens is 364 g/mol. The van der Waals surface area contributed by atoms with Crippen LogP contribution in [-0.2, 0) is 4.79 Å². The third-order valence-corrected chi connectivity index (χ3v) is 3.80. The number of rotatable bonds is 9. The molecule has 0 aromatic heterocycles. The lowest BCUT2D eigenvalue weighted by molar-refractivity contribution is -0.115. The fraction of sp³-hybridized carbons (Fsp3) is 0.300. The van der Waals surface area contributed by atoms with E-state index in [4.69, 9.17) is 9.47 Å². The van der Waals surface area contributed by atoms with E-state index in [0.717, 1.165) is 0 Å². The van der Waals surface area contributed by atoms with Gasteiger partial charge in [0.15, 0.2) is 0 Å². The van der Waals surface area contributed by atoms with Crippen LogP contribution in [0.3, 0.4) is 0 Å². The summed E-state index contributed by atoms with van der Waals surface area (Å²) in [4.78, 5) is 24.5. The summed E-state index contributed by atoms with van der Waals surface area (Å²) in [6.45, 7) is 4.51. The molecule has 0 atom stereocenters. The van der Waals surface area contributed by atoms with Crippen LogP contribution in [0.1, 0.15) is 30.6 Å². The molecule has 2 aromatic rings. The molecule has 0 unspecified atom stereocenters. The van der Waals surface area contributed by atoms with E-state index in [-0.39, 0.29) is 18.2 Å². The molecule has 2 aromatic carbocycles. The first-order valence-corrected chi connectivity index (χ1v) is 9.43. The highest BCUT2D eigenvalue weighted by atomic mass is 32.1. The number of carbonyl (C=O) groups is 2. The Morgan fingerprint density at radius 3 is 2.00 bits per heavy atom. The van der Waals surface area contributed by atoms with Crippen molar-refractivity contribution in [1.82, 2.24) is 0 Å². The molecule has 0 saturated carbocycles. The monoisotopic (exact) mass is 388 g/mol. The van der Waals surface area contributed by atoms with E-state index in [2.05, 4.69) is 23.3 Å². The summed E-state index contributed by atoms with van der Waals surface area (Å²) < 4.78 is 11.3. The Balaban J connectivity index is 2.35. The molecule has 27 heavy (non-hydrogen) atoms. The van der Waals surface area contributed by atoms with Gasteiger partial charge in [-0.3, -0.25) is 9.59 Å². The predicted molar refractivity (Wildman–Crippen MR) is 110 cm³/mol. The first kappa shape index (κ1) is 20.6. The van der Waals surface area contributed by atoms with Gasteiger partial charge < -0.3 is 20.1 Å². The van der Waals surface area contributed by atoms with Crippen molar-refractivity contribution in [2.24, 2.45) is 0 Å². The number of thiol groups is 1. The molecule has 0 aliphatic heterocycles. The van der Waals surface area contributed by atoms with Crippen LogP contribution in [0.2, 0.25) is 0 Å². The number of hydrogen-bond donors (Lipinski definition) is 3. The van der Waals surface area contributed by atoms with Gasteiger partial charge in [0, 0.05) is 24.1 Å². The first-order chi connectivity index (χ1) is 13.1. The minimum Gasteiger partial charge on any atom is -0.492 e. The van der Waals surface area contributed by atoms with Crippen molar-refractivity contribution in [3.05, 3.63) is 48.0 Å². The standard InChI is InChI=1S/C20H24N2O4S/c1-3-25-17-13-16(22-20(24)14-8-6-5-7-9-14)18(26-4-2)12-15(17)21-19(23)10-11-27/h5-9,12-13,27H,3-4,10-11H2,1-2H3,(H,21,23)(H,22,24). The largest absolute Gasteiger partial charge is 0.492 e. The predicted octanol–water partition coefficient (Wildman–Crippen LogP) is 3.99. The van der Waals surface area contributed by atoms with Gasteiger partial charge in [-0.2, -0.15) is 12.6 Å². The zero-order valence-electron chi connectivity index (χ0n) is 15.5. The average molecular weight is 388 g/mol. The molecule has 2 N–H and O–H groups in total. The SMILES string of the molecule is CCOc1cc(NC(=O)c2ccccc2)c(OCC)cc1NC(=O)CCS. The Morgan fingerprint density at radius 2 is 1.48 bits per heavy atom. The number of ether oxygens (including phenoxy) is 2. The Morgan fingerprint density at radius 1 is 0.926 bits per heavy atom. The fourth-order valence-corrected chi connectivity index (χ4v) is 2.61. The highest BCUT2D eigenvalue weighted by Gasteiger charge is 2.16. The van der Waals surface area contributed by atoms with Gasteiger partial charge in [0.2, 0.25) is 5.91 Å². The molecule has 0 spiro atoms. The average Bonchev–Trinajstić information content (AvgIpc) is 2.66. The number of hydrogen-bond acceptors (Lipinski definition) is 5. The summed E-state index contributed by atoms with van der Waals surface area (Å²) in [7, 11) is 0. The van der Waals surface area contributed by atoms with E-state index in [9.17, 15) is 9.59 Å². The minimum absolute atomic E-state index is 0.172. The van der Waals surface area contributed by atoms with Gasteiger partial charge >= 0.3 is 0 Å². The van der Waals surface area contributed by atoms with Crippen molar-refractivity contribution in [2.45, 2.75) is 20.3 Å². The van der Waals surface area contributed by atoms with Crippen LogP contribution in [0.25, 0.3) is 0 Å². The molecule has 2 rings (SSSR count). The van der Waals surface area contributed by atoms with Gasteiger partial charge in [-0.25, -0.2) is 0 Å². The zero-order chi connectivity index (χ0) is 19.6. The molecule has 0 aliphatic carbocycles. The lowest BCUT2D eigenvalue weighted by Gasteiger charge is -2.17. The van der Waals surface area contributed by atoms with Crippen LogP contribution in [0.4, 0.5) is 11.4 Å². The van der Waals surface area contributed by atoms with E-state index < -0.39 is 0 Å². The van der Waals surface area contributed by atoms with Crippen molar-refractivity contribution in [1.29, 1.82) is 0 Å². The molecule has 6 nitrogen and oxygen atoms in total. The van der Waals surface area contributed by atoms with E-state index in [1.54, 1.807) is 36.4 Å². The first-order valence-electron chi connectivity index (χ1n) is 8.79. The molecule has 0 saturated heterocycles. The molecule has 0 radical (unpaired) electrons. The quantitative estimate of drug-likeness (QED) is 0.568. The molecular formula is C20H24N2O4S. The van der Waals surface area contributed by atoms with Crippen LogP contribution >= 0.6 is 12.6 Å². The van der Waals surface area contributed by atoms with Crippen LogP contribution in [0.5, 0.6) is 11.5 Å². The fourth-order valence-electron chi connectivity index (χ4n) is 2.40. The van der Waals surface area contributed by atoms with Crippen LogP contribution in [0, 0.1) is 0 Å². The lowest BCUT2D eigenvalue weighted by Crippen LogP contribution is -2.15. The highest BCUT2D eigenvalue weighted by Crippen LogP contribution is 2.37. The number of benzene rings is 2. The minimum atomic E-state index is -0.258. The van der Waals surface area contributed by atoms with Crippen LogP contribution < -0.4 is 20.1 Å². The maximum absolute atomic E-state index is 12.5. The van der Waals surface area contributed by atoms with E-state index >= 15 is 0 Å². The lowest BCUT2D eigenvalue weighted by atomic mass is 10.2. The number of amides is 2. The Kier molecular flexibility index (Phi) is 8.00. The number of nitrogens with one attached hydrogen (secondary N) is 2. The molecule has 0 aliphatic rings. The summed E-state index contributed by atoms with van der Waals surface area (Å²) >= 11 is 4.07. The van der Waals surface area contributed by atoms with Crippen molar-refractivity contribution in [2.75, 3.05) is 29.6 Å². The van der Waals surface area contributed by atoms with Gasteiger partial charge in [0.05, 0.1) is 24.6 Å². The second-order valence-corrected chi connectivity index (χ2v) is 6.00. The Hall–Kier alpha value is -2.67. The maximum atomic E-state index is 12.5. The van der Waals surface area contributed by atoms with Gasteiger partial charge in [-0.05, 0) is 31.7 Å². The maximum Gasteiger partial charge on any atom is 0.255 e. The second kappa shape index (κ2) is 10.5. The van der Waals surface area contributed by atoms with E-state index in [1.165, 1.54) is 0 Å². The van der Waals surface area contributed by atoms with Crippen LogP contribution in [-0.4, -0.2) is 30.8 Å². The highest BCUT2D eigenvalue weighted by molar-refractivity contribution is 7.80. The smallest absolute Gasteiger partial charge is 0.255 e. The van der Waals surface area contributed by atoms with Gasteiger partial charge in [-0.1, -0.05) is 18.2 Å². The summed E-state index contributed by atoms with van der Waals surface area (Å²) in [5.41, 5.74) is 1.50. The number of anilines is 2. The normalized spacial score (nSPS) is 10.2. The Labute approximate surface area is 164 Å². The van der Waals surface area contributed by atoms with Crippen LogP contribution in [0.15, 0.2) is 42.5 Å². The van der Waals surface area contributed by atoms with E-state index in [0.29, 0.717) is 47.4 Å². The summed E-state index contributed by atoms with van der Waals surface area (Å²) in [6.07, 6.45) is 0.283.